The average Bonchev–Trinajstić information content (AvgIpc) is 2.97. The fourth-order valence-corrected chi connectivity index (χ4v) is 5.10. The number of hydrogen-bond donors (Lipinski definition) is 7. The molecule has 1 fully saturated rings. The van der Waals surface area contributed by atoms with E-state index in [0.717, 1.165) is 0 Å². The van der Waals surface area contributed by atoms with Gasteiger partial charge in [0, 0.05) is 65.3 Å². The Morgan fingerprint density at radius 2 is 1.02 bits per heavy atom. The molecule has 18 heteroatoms. The van der Waals surface area contributed by atoms with Crippen LogP contribution < -0.4 is 16.0 Å². The first-order chi connectivity index (χ1) is 22.2. The van der Waals surface area contributed by atoms with Gasteiger partial charge in [0.1, 0.15) is 11.8 Å². The number of rotatable bonds is 20. The fourth-order valence-electron chi connectivity index (χ4n) is 5.10. The molecular weight excluding hydrogens is 622 g/mol. The van der Waals surface area contributed by atoms with Crippen molar-refractivity contribution in [1.29, 1.82) is 0 Å². The number of carboxylic acids is 4. The molecule has 7 N–H and O–H groups in total. The normalized spacial score (nSPS) is 17.4. The lowest BCUT2D eigenvalue weighted by molar-refractivity contribution is -0.142. The Hall–Kier alpha value is -3.71. The summed E-state index contributed by atoms with van der Waals surface area (Å²) >= 11 is 0. The maximum absolute atomic E-state index is 13.0. The van der Waals surface area contributed by atoms with Gasteiger partial charge in [-0.1, -0.05) is 0 Å². The number of aliphatic carboxylic acids is 4. The van der Waals surface area contributed by atoms with E-state index in [1.807, 2.05) is 0 Å². The summed E-state index contributed by atoms with van der Waals surface area (Å²) in [7, 11) is 1.71. The summed E-state index contributed by atoms with van der Waals surface area (Å²) in [5.74, 6) is -5.50. The first kappa shape index (κ1) is 41.3. The molecule has 0 bridgehead atoms. The minimum Gasteiger partial charge on any atom is -0.480 e. The number of unbranched alkanes of at least 4 members (excludes halogenated alkanes) is 1. The van der Waals surface area contributed by atoms with Gasteiger partial charge in [-0.05, 0) is 39.7 Å². The van der Waals surface area contributed by atoms with Gasteiger partial charge in [0.15, 0.2) is 0 Å². The molecule has 0 aliphatic carbocycles. The minimum atomic E-state index is -1.33. The standard InChI is InChI=1S/C29H51N7O11/c1-21(37)22(30-2)5-3-4-8-31-24(38)7-6-23(29(46)47)32-25(39)17-33-9-11-34(18-26(40)41)13-15-36(20-28(44)45)16-14-35(12-10-33)19-27(42)43/h22-23,30H,3-20H2,1-2H3,(H,31,38)(H,32,39)(H,40,41)(H,42,43)(H,44,45)(H,46,47)/t22-,23-/m0/s1. The smallest absolute Gasteiger partial charge is 0.326 e. The van der Waals surface area contributed by atoms with Gasteiger partial charge in [0.2, 0.25) is 11.8 Å². The van der Waals surface area contributed by atoms with Crippen LogP contribution in [0, 0.1) is 0 Å². The van der Waals surface area contributed by atoms with E-state index in [-0.39, 0.29) is 109 Å². The third-order valence-corrected chi connectivity index (χ3v) is 7.75. The van der Waals surface area contributed by atoms with Crippen molar-refractivity contribution in [1.82, 2.24) is 35.6 Å². The molecule has 0 spiro atoms. The Kier molecular flexibility index (Phi) is 20.0. The van der Waals surface area contributed by atoms with Crippen LogP contribution in [-0.4, -0.2) is 186 Å². The summed E-state index contributed by atoms with van der Waals surface area (Å²) in [4.78, 5) is 89.4. The van der Waals surface area contributed by atoms with Crippen molar-refractivity contribution in [2.24, 2.45) is 0 Å². The van der Waals surface area contributed by atoms with Crippen molar-refractivity contribution >= 4 is 41.5 Å². The Labute approximate surface area is 274 Å². The molecular formula is C29H51N7O11. The lowest BCUT2D eigenvalue weighted by Crippen LogP contribution is -2.51. The molecule has 47 heavy (non-hydrogen) atoms. The van der Waals surface area contributed by atoms with Crippen LogP contribution in [0.2, 0.25) is 0 Å². The van der Waals surface area contributed by atoms with Gasteiger partial charge >= 0.3 is 23.9 Å². The summed E-state index contributed by atoms with van der Waals surface area (Å²) in [5.41, 5.74) is 0. The Morgan fingerprint density at radius 1 is 0.596 bits per heavy atom. The van der Waals surface area contributed by atoms with Crippen LogP contribution in [0.4, 0.5) is 0 Å². The van der Waals surface area contributed by atoms with E-state index in [4.69, 9.17) is 0 Å². The zero-order valence-corrected chi connectivity index (χ0v) is 27.3. The highest BCUT2D eigenvalue weighted by Crippen LogP contribution is 2.04. The van der Waals surface area contributed by atoms with Crippen molar-refractivity contribution in [3.05, 3.63) is 0 Å². The lowest BCUT2D eigenvalue weighted by Gasteiger charge is -2.33. The highest BCUT2D eigenvalue weighted by molar-refractivity contribution is 5.85. The first-order valence-corrected chi connectivity index (χ1v) is 15.7. The molecule has 1 heterocycles. The molecule has 0 saturated carbocycles. The van der Waals surface area contributed by atoms with Crippen LogP contribution in [0.25, 0.3) is 0 Å². The SMILES string of the molecule is CN[C@@H](CCCCNC(=O)CC[C@H](NC(=O)CN1CCN(CC(=O)O)CCN(CC(=O)O)CCN(CC(=O)O)CC1)C(=O)O)C(C)=O. The predicted octanol–water partition coefficient (Wildman–Crippen LogP) is -2.73. The van der Waals surface area contributed by atoms with E-state index in [1.165, 1.54) is 6.92 Å². The van der Waals surface area contributed by atoms with E-state index in [2.05, 4.69) is 16.0 Å². The molecule has 1 aliphatic rings. The summed E-state index contributed by atoms with van der Waals surface area (Å²) < 4.78 is 0. The second kappa shape index (κ2) is 22.8. The number of Topliss-reactive ketones (excluding diaryl/α,β-unsaturated/α-hetero) is 1. The zero-order chi connectivity index (χ0) is 35.4. The van der Waals surface area contributed by atoms with E-state index >= 15 is 0 Å². The number of nitrogens with zero attached hydrogens (tertiary/aromatic N) is 4. The minimum absolute atomic E-state index is 0.0350. The summed E-state index contributed by atoms with van der Waals surface area (Å²) in [6.45, 7) is 2.38. The number of hydrogen-bond acceptors (Lipinski definition) is 12. The van der Waals surface area contributed by atoms with E-state index in [9.17, 15) is 54.0 Å². The summed E-state index contributed by atoms with van der Waals surface area (Å²) in [6, 6.07) is -1.57. The fraction of sp³-hybridized carbons (Fsp3) is 0.759. The maximum Gasteiger partial charge on any atom is 0.326 e. The lowest BCUT2D eigenvalue weighted by atomic mass is 10.1. The first-order valence-electron chi connectivity index (χ1n) is 15.7. The van der Waals surface area contributed by atoms with Crippen LogP contribution in [-0.2, 0) is 33.6 Å². The van der Waals surface area contributed by atoms with Gasteiger partial charge in [-0.2, -0.15) is 0 Å². The molecule has 18 nitrogen and oxygen atoms in total. The number of carbonyl (C=O) groups is 7. The van der Waals surface area contributed by atoms with E-state index in [0.29, 0.717) is 25.8 Å². The predicted molar refractivity (Wildman–Crippen MR) is 168 cm³/mol. The topological polar surface area (TPSA) is 249 Å². The average molecular weight is 674 g/mol. The molecule has 1 saturated heterocycles. The largest absolute Gasteiger partial charge is 0.480 e. The Morgan fingerprint density at radius 3 is 1.38 bits per heavy atom. The van der Waals surface area contributed by atoms with Crippen molar-refractivity contribution in [2.45, 2.75) is 51.1 Å². The van der Waals surface area contributed by atoms with Crippen molar-refractivity contribution in [2.75, 3.05) is 92.1 Å². The molecule has 0 aromatic rings. The van der Waals surface area contributed by atoms with Gasteiger partial charge in [-0.15, -0.1) is 0 Å². The van der Waals surface area contributed by atoms with Crippen LogP contribution in [0.3, 0.4) is 0 Å². The van der Waals surface area contributed by atoms with Crippen LogP contribution in [0.5, 0.6) is 0 Å². The Bertz CT molecular complexity index is 1030. The molecule has 2 atom stereocenters. The zero-order valence-electron chi connectivity index (χ0n) is 27.3. The van der Waals surface area contributed by atoms with Gasteiger partial charge in [-0.25, -0.2) is 4.79 Å². The molecule has 0 radical (unpaired) electrons. The Balaban J connectivity index is 2.79. The van der Waals surface area contributed by atoms with Crippen LogP contribution in [0.1, 0.15) is 39.0 Å². The van der Waals surface area contributed by atoms with Gasteiger partial charge in [0.05, 0.1) is 32.2 Å². The number of amides is 2. The molecule has 0 aromatic carbocycles. The highest BCUT2D eigenvalue weighted by atomic mass is 16.4. The highest BCUT2D eigenvalue weighted by Gasteiger charge is 2.24. The number of carbonyl (C=O) groups excluding carboxylic acids is 3. The summed E-state index contributed by atoms with van der Waals surface area (Å²) in [6.07, 6.45) is 1.69. The number of likely N-dealkylation sites (N-methyl/N-ethyl adjacent to an activating group) is 1. The van der Waals surface area contributed by atoms with Gasteiger partial charge < -0.3 is 36.4 Å². The monoisotopic (exact) mass is 673 g/mol. The van der Waals surface area contributed by atoms with Crippen LogP contribution in [0.15, 0.2) is 0 Å². The van der Waals surface area contributed by atoms with Gasteiger partial charge in [-0.3, -0.25) is 48.4 Å². The number of nitrogens with one attached hydrogen (secondary N) is 3. The van der Waals surface area contributed by atoms with Crippen molar-refractivity contribution < 1.29 is 54.0 Å². The molecule has 1 aliphatic heterocycles. The molecule has 0 aromatic heterocycles. The second-order valence-electron chi connectivity index (χ2n) is 11.6. The van der Waals surface area contributed by atoms with Crippen LogP contribution >= 0.6 is 0 Å². The molecule has 1 rings (SSSR count). The van der Waals surface area contributed by atoms with E-state index < -0.39 is 35.8 Å². The third kappa shape index (κ3) is 19.5. The van der Waals surface area contributed by atoms with Crippen molar-refractivity contribution in [3.63, 3.8) is 0 Å². The number of carboxylic acid groups (broad SMARTS) is 4. The number of ketones is 1. The molecule has 268 valence electrons. The van der Waals surface area contributed by atoms with Gasteiger partial charge in [0.25, 0.3) is 0 Å². The van der Waals surface area contributed by atoms with Crippen molar-refractivity contribution in [3.8, 4) is 0 Å². The summed E-state index contributed by atoms with van der Waals surface area (Å²) in [5, 5.41) is 45.8. The molecule has 2 amide bonds. The molecule has 0 unspecified atom stereocenters. The maximum atomic E-state index is 13.0. The third-order valence-electron chi connectivity index (χ3n) is 7.75. The van der Waals surface area contributed by atoms with E-state index in [1.54, 1.807) is 26.6 Å². The quantitative estimate of drug-likeness (QED) is 0.0648. The second-order valence-corrected chi connectivity index (χ2v) is 11.6.